The molecule has 0 radical (unpaired) electrons. The Hall–Kier alpha value is 0.233. The van der Waals surface area contributed by atoms with Crippen LogP contribution in [0.15, 0.2) is 12.2 Å². The molecule has 0 heterocycles. The predicted octanol–water partition coefficient (Wildman–Crippen LogP) is 1.39. The molecule has 0 aliphatic carbocycles. The van der Waals surface area contributed by atoms with Gasteiger partial charge in [0.05, 0.1) is 0 Å². The zero-order chi connectivity index (χ0) is 3.58. The van der Waals surface area contributed by atoms with Crippen molar-refractivity contribution < 1.29 is 19.5 Å². The smallest absolute Gasteiger partial charge is 0.242 e. The topological polar surface area (TPSA) is 0 Å². The van der Waals surface area contributed by atoms with E-state index in [1.54, 1.807) is 0 Å². The van der Waals surface area contributed by atoms with E-state index in [9.17, 15) is 0 Å². The second-order valence-electron chi connectivity index (χ2n) is 0.957. The van der Waals surface area contributed by atoms with Crippen molar-refractivity contribution >= 4 is 0 Å². The van der Waals surface area contributed by atoms with Gasteiger partial charge in [0, 0.05) is 0 Å². The molecule has 0 fully saturated rings. The zero-order valence-corrected chi connectivity index (χ0v) is 6.59. The van der Waals surface area contributed by atoms with Crippen LogP contribution < -0.4 is 0 Å². The monoisotopic (exact) mass is 119 g/mol. The summed E-state index contributed by atoms with van der Waals surface area (Å²) in [5.41, 5.74) is 0.917. The van der Waals surface area contributed by atoms with Crippen molar-refractivity contribution in [3.8, 4) is 0 Å². The molecular formula is C4H7Zn+. The molecule has 0 N–H and O–H groups in total. The molecule has 0 bridgehead atoms. The quantitative estimate of drug-likeness (QED) is 0.335. The molecule has 0 aromatic heterocycles. The minimum atomic E-state index is 0. The van der Waals surface area contributed by atoms with Gasteiger partial charge >= 0.3 is 19.5 Å². The van der Waals surface area contributed by atoms with Gasteiger partial charge in [-0.25, -0.2) is 19.1 Å². The second kappa shape index (κ2) is 4.23. The van der Waals surface area contributed by atoms with E-state index in [1.165, 1.54) is 0 Å². The molecule has 0 aromatic rings. The molecule has 24 valence electrons. The van der Waals surface area contributed by atoms with Gasteiger partial charge in [-0.2, -0.15) is 0 Å². The Morgan fingerprint density at radius 2 is 1.80 bits per heavy atom. The van der Waals surface area contributed by atoms with Gasteiger partial charge in [0.1, 0.15) is 0 Å². The van der Waals surface area contributed by atoms with Crippen molar-refractivity contribution in [1.82, 2.24) is 0 Å². The van der Waals surface area contributed by atoms with E-state index in [-0.39, 0.29) is 19.5 Å². The van der Waals surface area contributed by atoms with Crippen molar-refractivity contribution in [2.24, 2.45) is 0 Å². The van der Waals surface area contributed by atoms with Crippen LogP contribution in [0.25, 0.3) is 0 Å². The van der Waals surface area contributed by atoms with Crippen LogP contribution in [-0.2, 0) is 19.5 Å². The normalized spacial score (nSPS) is 5.00. The van der Waals surface area contributed by atoms with Gasteiger partial charge in [-0.1, -0.05) is 6.92 Å². The van der Waals surface area contributed by atoms with Crippen LogP contribution in [0.2, 0.25) is 0 Å². The van der Waals surface area contributed by atoms with Crippen LogP contribution in [0.5, 0.6) is 0 Å². The van der Waals surface area contributed by atoms with Gasteiger partial charge in [0.2, 0.25) is 0 Å². The minimum Gasteiger partial charge on any atom is -0.242 e. The standard InChI is InChI=1S/C4H7.Zn/c1-4(2)3;/h1-2H2,3H3;/q-1;+2. The summed E-state index contributed by atoms with van der Waals surface area (Å²) in [5, 5.41) is 0. The molecule has 0 saturated heterocycles. The first-order valence-electron chi connectivity index (χ1n) is 1.21. The van der Waals surface area contributed by atoms with E-state index >= 15 is 0 Å². The van der Waals surface area contributed by atoms with Gasteiger partial charge in [-0.05, 0) is 0 Å². The molecule has 0 atom stereocenters. The molecule has 0 amide bonds. The summed E-state index contributed by atoms with van der Waals surface area (Å²) in [6, 6.07) is 0. The van der Waals surface area contributed by atoms with Gasteiger partial charge in [-0.15, -0.1) is 0 Å². The largest absolute Gasteiger partial charge is 2.00 e. The summed E-state index contributed by atoms with van der Waals surface area (Å²) < 4.78 is 0. The average molecular weight is 120 g/mol. The van der Waals surface area contributed by atoms with Crippen LogP contribution in [0.3, 0.4) is 0 Å². The van der Waals surface area contributed by atoms with Gasteiger partial charge in [0.25, 0.3) is 0 Å². The fourth-order valence-electron chi connectivity index (χ4n) is 0. The first-order chi connectivity index (χ1) is 1.73. The molecule has 0 aromatic carbocycles. The second-order valence-corrected chi connectivity index (χ2v) is 0.957. The molecule has 0 spiro atoms. The Bertz CT molecular complexity index is 26.6. The maximum Gasteiger partial charge on any atom is 2.00 e. The summed E-state index contributed by atoms with van der Waals surface area (Å²) >= 11 is 0. The first-order valence-corrected chi connectivity index (χ1v) is 1.21. The fraction of sp³-hybridized carbons (Fsp3) is 0.250. The van der Waals surface area contributed by atoms with Crippen molar-refractivity contribution in [2.75, 3.05) is 0 Å². The summed E-state index contributed by atoms with van der Waals surface area (Å²) in [5.74, 6) is 0. The predicted molar refractivity (Wildman–Crippen MR) is 20.2 cm³/mol. The van der Waals surface area contributed by atoms with E-state index in [2.05, 4.69) is 13.5 Å². The molecule has 5 heavy (non-hydrogen) atoms. The third-order valence-corrected chi connectivity index (χ3v) is 0. The Morgan fingerprint density at radius 1 is 1.80 bits per heavy atom. The molecule has 0 nitrogen and oxygen atoms in total. The molecule has 0 aliphatic rings. The minimum absolute atomic E-state index is 0. The summed E-state index contributed by atoms with van der Waals surface area (Å²) in [4.78, 5) is 0. The maximum absolute atomic E-state index is 3.44. The summed E-state index contributed by atoms with van der Waals surface area (Å²) in [7, 11) is 0. The Kier molecular flexibility index (Phi) is 7.60. The third kappa shape index (κ3) is 388. The molecule has 0 rings (SSSR count). The Morgan fingerprint density at radius 3 is 1.80 bits per heavy atom. The van der Waals surface area contributed by atoms with Gasteiger partial charge in [-0.3, -0.25) is 0 Å². The van der Waals surface area contributed by atoms with Crippen LogP contribution in [-0.4, -0.2) is 0 Å². The summed E-state index contributed by atoms with van der Waals surface area (Å²) in [6.07, 6.45) is 0. The fourth-order valence-corrected chi connectivity index (χ4v) is 0. The Labute approximate surface area is 46.0 Å². The number of hydrogen-bond donors (Lipinski definition) is 0. The number of allylic oxidation sites excluding steroid dienone is 1. The van der Waals surface area contributed by atoms with Crippen LogP contribution in [0, 0.1) is 6.92 Å². The van der Waals surface area contributed by atoms with Gasteiger partial charge in [0.15, 0.2) is 0 Å². The first kappa shape index (κ1) is 8.97. The SMILES string of the molecule is C=C([CH2-])C.[Zn+2]. The molecule has 0 aliphatic heterocycles. The van der Waals surface area contributed by atoms with E-state index in [0.29, 0.717) is 0 Å². The van der Waals surface area contributed by atoms with Crippen LogP contribution >= 0.6 is 0 Å². The number of hydrogen-bond acceptors (Lipinski definition) is 0. The van der Waals surface area contributed by atoms with Crippen molar-refractivity contribution in [2.45, 2.75) is 6.92 Å². The van der Waals surface area contributed by atoms with Crippen molar-refractivity contribution in [3.63, 3.8) is 0 Å². The Balaban J connectivity index is 0. The average Bonchev–Trinajstić information content (AvgIpc) is 0.811. The van der Waals surface area contributed by atoms with Crippen LogP contribution in [0.4, 0.5) is 0 Å². The maximum atomic E-state index is 3.44. The molecule has 0 saturated carbocycles. The summed E-state index contributed by atoms with van der Waals surface area (Å²) in [6.45, 7) is 8.75. The molecule has 1 heteroatoms. The van der Waals surface area contributed by atoms with Crippen molar-refractivity contribution in [1.29, 1.82) is 0 Å². The molecular weight excluding hydrogens is 113 g/mol. The van der Waals surface area contributed by atoms with Crippen molar-refractivity contribution in [3.05, 3.63) is 19.1 Å². The van der Waals surface area contributed by atoms with Crippen LogP contribution in [0.1, 0.15) is 6.92 Å². The van der Waals surface area contributed by atoms with E-state index in [4.69, 9.17) is 0 Å². The van der Waals surface area contributed by atoms with Gasteiger partial charge < -0.3 is 0 Å². The van der Waals surface area contributed by atoms with E-state index in [1.807, 2.05) is 6.92 Å². The van der Waals surface area contributed by atoms with E-state index in [0.717, 1.165) is 5.57 Å². The molecule has 0 unspecified atom stereocenters. The van der Waals surface area contributed by atoms with E-state index < -0.39 is 0 Å². The zero-order valence-electron chi connectivity index (χ0n) is 3.62. The number of rotatable bonds is 0. The third-order valence-electron chi connectivity index (χ3n) is 0.